The molecule has 0 aliphatic rings. The van der Waals surface area contributed by atoms with E-state index >= 15 is 0 Å². The fourth-order valence-corrected chi connectivity index (χ4v) is 0. The molecular formula is CAlBr3Cl4. The van der Waals surface area contributed by atoms with E-state index in [4.69, 9.17) is 46.4 Å². The smallest absolute Gasteiger partial charge is 1.00 e. The average Bonchev–Trinajstić information content (AvgIpc) is 0.722. The number of halogens is 7. The summed E-state index contributed by atoms with van der Waals surface area (Å²) in [6.07, 6.45) is 0. The van der Waals surface area contributed by atoms with E-state index in [1.165, 1.54) is 0 Å². The van der Waals surface area contributed by atoms with Gasteiger partial charge >= 0.3 is 17.4 Å². The van der Waals surface area contributed by atoms with E-state index in [1.807, 2.05) is 0 Å². The summed E-state index contributed by atoms with van der Waals surface area (Å²) in [5, 5.41) is 0. The van der Waals surface area contributed by atoms with Gasteiger partial charge in [-0.2, -0.15) is 0 Å². The summed E-state index contributed by atoms with van der Waals surface area (Å²) >= 11 is 19.3. The van der Waals surface area contributed by atoms with Crippen LogP contribution in [0.5, 0.6) is 0 Å². The third-order valence-electron chi connectivity index (χ3n) is 0. The van der Waals surface area contributed by atoms with Crippen LogP contribution < -0.4 is 50.9 Å². The van der Waals surface area contributed by atoms with E-state index in [2.05, 4.69) is 0 Å². The van der Waals surface area contributed by atoms with Crippen LogP contribution in [0.25, 0.3) is 0 Å². The summed E-state index contributed by atoms with van der Waals surface area (Å²) < 4.78 is -1.61. The molecule has 0 unspecified atom stereocenters. The van der Waals surface area contributed by atoms with Crippen molar-refractivity contribution in [3.05, 3.63) is 0 Å². The van der Waals surface area contributed by atoms with E-state index in [0.29, 0.717) is 0 Å². The second-order valence-electron chi connectivity index (χ2n) is 0.429. The summed E-state index contributed by atoms with van der Waals surface area (Å²) in [5.41, 5.74) is 0. The van der Waals surface area contributed by atoms with Crippen LogP contribution in [0.4, 0.5) is 0 Å². The van der Waals surface area contributed by atoms with Crippen molar-refractivity contribution in [1.82, 2.24) is 0 Å². The van der Waals surface area contributed by atoms with Crippen LogP contribution in [0.15, 0.2) is 0 Å². The van der Waals surface area contributed by atoms with E-state index in [9.17, 15) is 0 Å². The SMILES string of the molecule is ClC(Cl)(Cl)Cl.[Al+3].[Br-].[Br-].[Br-]. The number of hydrogen-bond donors (Lipinski definition) is 0. The van der Waals surface area contributed by atoms with Gasteiger partial charge in [0.05, 0.1) is 0 Å². The predicted molar refractivity (Wildman–Crippen MR) is 31.9 cm³/mol. The van der Waals surface area contributed by atoms with Gasteiger partial charge in [-0.1, -0.05) is 46.4 Å². The van der Waals surface area contributed by atoms with Gasteiger partial charge in [0.2, 0.25) is 0 Å². The molecule has 0 bridgehead atoms. The minimum Gasteiger partial charge on any atom is -1.00 e. The molecule has 0 saturated carbocycles. The molecule has 0 aromatic heterocycles. The molecule has 0 fully saturated rings. The molecule has 0 amide bonds. The number of rotatable bonds is 0. The van der Waals surface area contributed by atoms with Crippen LogP contribution in [0.3, 0.4) is 0 Å². The topological polar surface area (TPSA) is 0 Å². The van der Waals surface area contributed by atoms with Crippen molar-refractivity contribution >= 4 is 63.8 Å². The maximum Gasteiger partial charge on any atom is 3.00 e. The first-order chi connectivity index (χ1) is 2.00. The van der Waals surface area contributed by atoms with E-state index in [-0.39, 0.29) is 68.3 Å². The Labute approximate surface area is 116 Å². The molecule has 0 atom stereocenters. The van der Waals surface area contributed by atoms with Crippen LogP contribution in [0, 0.1) is 0 Å². The Morgan fingerprint density at radius 2 is 0.667 bits per heavy atom. The molecule has 0 spiro atoms. The second-order valence-corrected chi connectivity index (χ2v) is 3.86. The van der Waals surface area contributed by atoms with Gasteiger partial charge in [0, 0.05) is 0 Å². The summed E-state index contributed by atoms with van der Waals surface area (Å²) in [4.78, 5) is 0. The van der Waals surface area contributed by atoms with Crippen molar-refractivity contribution in [3.63, 3.8) is 0 Å². The molecule has 0 saturated heterocycles. The maximum atomic E-state index is 4.83. The zero-order valence-electron chi connectivity index (χ0n) is 3.72. The van der Waals surface area contributed by atoms with Crippen molar-refractivity contribution in [2.24, 2.45) is 0 Å². The quantitative estimate of drug-likeness (QED) is 0.270. The Morgan fingerprint density at radius 1 is 0.667 bits per heavy atom. The maximum absolute atomic E-state index is 4.83. The van der Waals surface area contributed by atoms with Crippen molar-refractivity contribution in [3.8, 4) is 0 Å². The number of alkyl halides is 4. The third-order valence-corrected chi connectivity index (χ3v) is 0. The fourth-order valence-electron chi connectivity index (χ4n) is 0. The van der Waals surface area contributed by atoms with Crippen LogP contribution in [0.1, 0.15) is 0 Å². The zero-order chi connectivity index (χ0) is 4.50. The van der Waals surface area contributed by atoms with E-state index in [0.717, 1.165) is 0 Å². The summed E-state index contributed by atoms with van der Waals surface area (Å²) in [5.74, 6) is 0. The molecule has 0 aliphatic carbocycles. The largest absolute Gasteiger partial charge is 3.00 e. The Balaban J connectivity index is -0.0000000133. The first-order valence-corrected chi connectivity index (χ1v) is 2.27. The minimum absolute atomic E-state index is 0. The molecule has 0 heterocycles. The van der Waals surface area contributed by atoms with Gasteiger partial charge in [0.15, 0.2) is 0 Å². The van der Waals surface area contributed by atoms with Gasteiger partial charge in [-0.25, -0.2) is 0 Å². The first-order valence-electron chi connectivity index (χ1n) is 0.756. The molecule has 8 heteroatoms. The van der Waals surface area contributed by atoms with Gasteiger partial charge in [0.25, 0.3) is 3.25 Å². The van der Waals surface area contributed by atoms with Crippen molar-refractivity contribution in [2.45, 2.75) is 3.25 Å². The molecule has 56 valence electrons. The van der Waals surface area contributed by atoms with Gasteiger partial charge in [-0.05, 0) is 0 Å². The van der Waals surface area contributed by atoms with Crippen molar-refractivity contribution in [2.75, 3.05) is 0 Å². The summed E-state index contributed by atoms with van der Waals surface area (Å²) in [6, 6.07) is 0. The van der Waals surface area contributed by atoms with E-state index in [1.54, 1.807) is 0 Å². The van der Waals surface area contributed by atoms with Gasteiger partial charge in [-0.3, -0.25) is 0 Å². The monoisotopic (exact) mass is 416 g/mol. The van der Waals surface area contributed by atoms with Gasteiger partial charge in [-0.15, -0.1) is 0 Å². The molecule has 0 aromatic carbocycles. The average molecular weight is 421 g/mol. The minimum atomic E-state index is -1.61. The second kappa shape index (κ2) is 13.7. The van der Waals surface area contributed by atoms with Gasteiger partial charge in [0.1, 0.15) is 0 Å². The van der Waals surface area contributed by atoms with Crippen LogP contribution in [-0.4, -0.2) is 20.6 Å². The Bertz CT molecular complexity index is 31.3. The predicted octanol–water partition coefficient (Wildman–Crippen LogP) is -6.82. The molecule has 0 nitrogen and oxygen atoms in total. The number of hydrogen-bond acceptors (Lipinski definition) is 0. The Kier molecular flexibility index (Phi) is 45.0. The van der Waals surface area contributed by atoms with Crippen molar-refractivity contribution in [1.29, 1.82) is 0 Å². The molecular weight excluding hydrogens is 421 g/mol. The summed E-state index contributed by atoms with van der Waals surface area (Å²) in [7, 11) is 0. The first kappa shape index (κ1) is 29.6. The van der Waals surface area contributed by atoms with E-state index < -0.39 is 3.25 Å². The molecule has 0 aromatic rings. The molecule has 0 rings (SSSR count). The molecule has 0 radical (unpaired) electrons. The normalized spacial score (nSPS) is 6.67. The molecule has 0 N–H and O–H groups in total. The van der Waals surface area contributed by atoms with Crippen LogP contribution in [0.2, 0.25) is 0 Å². The Morgan fingerprint density at radius 3 is 0.667 bits per heavy atom. The van der Waals surface area contributed by atoms with Crippen LogP contribution in [-0.2, 0) is 0 Å². The van der Waals surface area contributed by atoms with Gasteiger partial charge < -0.3 is 50.9 Å². The van der Waals surface area contributed by atoms with Crippen molar-refractivity contribution < 1.29 is 50.9 Å². The summed E-state index contributed by atoms with van der Waals surface area (Å²) in [6.45, 7) is 0. The fraction of sp³-hybridized carbons (Fsp3) is 1.00. The standard InChI is InChI=1S/CCl4.Al.3BrH/c2-1(3,4)5;;;;/h;;3*1H/q;+3;;;/p-3. The molecule has 0 aliphatic heterocycles. The third kappa shape index (κ3) is 94.6. The molecule has 9 heavy (non-hydrogen) atoms. The Hall–Kier alpha value is 3.13. The van der Waals surface area contributed by atoms with Crippen LogP contribution >= 0.6 is 46.4 Å². The zero-order valence-corrected chi connectivity index (χ0v) is 12.7.